The highest BCUT2D eigenvalue weighted by Gasteiger charge is 2.25. The number of aromatic nitrogens is 1. The van der Waals surface area contributed by atoms with Gasteiger partial charge in [0.2, 0.25) is 5.82 Å². The van der Waals surface area contributed by atoms with Crippen LogP contribution < -0.4 is 5.32 Å². The molecule has 2 aromatic rings. The molecular formula is C15H14FN3O6. The number of amides is 1. The van der Waals surface area contributed by atoms with Gasteiger partial charge in [0.1, 0.15) is 11.3 Å². The Kier molecular flexibility index (Phi) is 5.11. The van der Waals surface area contributed by atoms with E-state index in [0.29, 0.717) is 5.69 Å². The second-order valence-electron chi connectivity index (χ2n) is 5.16. The van der Waals surface area contributed by atoms with Crippen LogP contribution in [0.4, 0.5) is 15.8 Å². The van der Waals surface area contributed by atoms with E-state index in [1.807, 2.05) is 0 Å². The van der Waals surface area contributed by atoms with Crippen LogP contribution in [-0.4, -0.2) is 28.1 Å². The van der Waals surface area contributed by atoms with Crippen molar-refractivity contribution >= 4 is 23.3 Å². The molecule has 0 aliphatic rings. The SMILES string of the molecule is Cc1noc(C)c1C(=O)O[C@@H](C)C(=O)Nc1ccc(F)c([N+](=O)[O-])c1. The predicted octanol–water partition coefficient (Wildman–Crippen LogP) is 2.52. The molecule has 0 aliphatic carbocycles. The van der Waals surface area contributed by atoms with E-state index < -0.39 is 34.4 Å². The summed E-state index contributed by atoms with van der Waals surface area (Å²) < 4.78 is 23.2. The lowest BCUT2D eigenvalue weighted by Crippen LogP contribution is -2.30. The van der Waals surface area contributed by atoms with Gasteiger partial charge >= 0.3 is 11.7 Å². The van der Waals surface area contributed by atoms with Crippen molar-refractivity contribution in [1.82, 2.24) is 5.16 Å². The average Bonchev–Trinajstić information content (AvgIpc) is 2.87. The number of nitro groups is 1. The summed E-state index contributed by atoms with van der Waals surface area (Å²) in [6.07, 6.45) is -1.20. The Balaban J connectivity index is 2.07. The van der Waals surface area contributed by atoms with Crippen molar-refractivity contribution in [3.05, 3.63) is 51.1 Å². The number of hydrogen-bond acceptors (Lipinski definition) is 7. The van der Waals surface area contributed by atoms with Crippen molar-refractivity contribution in [3.63, 3.8) is 0 Å². The topological polar surface area (TPSA) is 125 Å². The van der Waals surface area contributed by atoms with Crippen LogP contribution in [0.3, 0.4) is 0 Å². The maximum atomic E-state index is 13.3. The van der Waals surface area contributed by atoms with Crippen LogP contribution in [0.1, 0.15) is 28.7 Å². The van der Waals surface area contributed by atoms with Gasteiger partial charge in [-0.3, -0.25) is 14.9 Å². The summed E-state index contributed by atoms with van der Waals surface area (Å²) in [5, 5.41) is 16.6. The smallest absolute Gasteiger partial charge is 0.344 e. The molecule has 25 heavy (non-hydrogen) atoms. The lowest BCUT2D eigenvalue weighted by molar-refractivity contribution is -0.387. The van der Waals surface area contributed by atoms with Crippen LogP contribution in [0.15, 0.2) is 22.7 Å². The number of aryl methyl sites for hydroxylation is 2. The summed E-state index contributed by atoms with van der Waals surface area (Å²) in [4.78, 5) is 33.9. The van der Waals surface area contributed by atoms with Gasteiger partial charge in [0, 0.05) is 11.8 Å². The number of halogens is 1. The number of carbonyl (C=O) groups excluding carboxylic acids is 2. The van der Waals surface area contributed by atoms with Crippen LogP contribution >= 0.6 is 0 Å². The fourth-order valence-corrected chi connectivity index (χ4v) is 2.02. The van der Waals surface area contributed by atoms with Crippen molar-refractivity contribution in [2.24, 2.45) is 0 Å². The van der Waals surface area contributed by atoms with Crippen molar-refractivity contribution in [2.75, 3.05) is 5.32 Å². The highest BCUT2D eigenvalue weighted by Crippen LogP contribution is 2.22. The first-order valence-corrected chi connectivity index (χ1v) is 7.09. The molecule has 9 nitrogen and oxygen atoms in total. The number of anilines is 1. The van der Waals surface area contributed by atoms with Gasteiger partial charge in [0.25, 0.3) is 5.91 Å². The third-order valence-electron chi connectivity index (χ3n) is 3.30. The Bertz CT molecular complexity index is 828. The number of rotatable bonds is 5. The highest BCUT2D eigenvalue weighted by molar-refractivity contribution is 5.98. The van der Waals surface area contributed by atoms with Crippen LogP contribution in [0.5, 0.6) is 0 Å². The quantitative estimate of drug-likeness (QED) is 0.498. The molecule has 0 saturated carbocycles. The van der Waals surface area contributed by atoms with Crippen molar-refractivity contribution in [3.8, 4) is 0 Å². The first-order valence-electron chi connectivity index (χ1n) is 7.09. The first kappa shape index (κ1) is 18.0. The largest absolute Gasteiger partial charge is 0.449 e. The van der Waals surface area contributed by atoms with Crippen molar-refractivity contribution < 1.29 is 28.2 Å². The van der Waals surface area contributed by atoms with Crippen molar-refractivity contribution in [1.29, 1.82) is 0 Å². The molecule has 2 rings (SSSR count). The van der Waals surface area contributed by atoms with E-state index >= 15 is 0 Å². The molecule has 1 atom stereocenters. The number of esters is 1. The number of hydrogen-bond donors (Lipinski definition) is 1. The molecule has 0 aliphatic heterocycles. The van der Waals surface area contributed by atoms with Crippen LogP contribution in [0.2, 0.25) is 0 Å². The highest BCUT2D eigenvalue weighted by atomic mass is 19.1. The summed E-state index contributed by atoms with van der Waals surface area (Å²) in [7, 11) is 0. The number of benzene rings is 1. The van der Waals surface area contributed by atoms with Gasteiger partial charge in [0.05, 0.1) is 10.6 Å². The predicted molar refractivity (Wildman–Crippen MR) is 82.5 cm³/mol. The summed E-state index contributed by atoms with van der Waals surface area (Å²) in [6, 6.07) is 2.88. The van der Waals surface area contributed by atoms with E-state index in [9.17, 15) is 24.1 Å². The first-order chi connectivity index (χ1) is 11.7. The lowest BCUT2D eigenvalue weighted by Gasteiger charge is -2.13. The van der Waals surface area contributed by atoms with Gasteiger partial charge in [-0.25, -0.2) is 4.79 Å². The van der Waals surface area contributed by atoms with Crippen LogP contribution in [0.25, 0.3) is 0 Å². The Morgan fingerprint density at radius 3 is 2.64 bits per heavy atom. The Morgan fingerprint density at radius 2 is 2.08 bits per heavy atom. The minimum Gasteiger partial charge on any atom is -0.449 e. The summed E-state index contributed by atoms with van der Waals surface area (Å²) in [5.41, 5.74) is -0.335. The van der Waals surface area contributed by atoms with Gasteiger partial charge in [-0.2, -0.15) is 4.39 Å². The second-order valence-corrected chi connectivity index (χ2v) is 5.16. The lowest BCUT2D eigenvalue weighted by atomic mass is 10.2. The van der Waals surface area contributed by atoms with Gasteiger partial charge < -0.3 is 14.6 Å². The molecule has 0 fully saturated rings. The van der Waals surface area contributed by atoms with Gasteiger partial charge in [-0.15, -0.1) is 0 Å². The second kappa shape index (κ2) is 7.07. The monoisotopic (exact) mass is 351 g/mol. The van der Waals surface area contributed by atoms with Gasteiger partial charge in [0.15, 0.2) is 6.10 Å². The summed E-state index contributed by atoms with van der Waals surface area (Å²) in [5.74, 6) is -2.30. The normalized spacial score (nSPS) is 11.7. The van der Waals surface area contributed by atoms with E-state index in [2.05, 4.69) is 10.5 Å². The average molecular weight is 351 g/mol. The molecular weight excluding hydrogens is 337 g/mol. The minimum absolute atomic E-state index is 0.00154. The number of nitrogens with one attached hydrogen (secondary N) is 1. The van der Waals surface area contributed by atoms with Crippen LogP contribution in [0, 0.1) is 29.8 Å². The van der Waals surface area contributed by atoms with E-state index in [0.717, 1.165) is 18.2 Å². The third kappa shape index (κ3) is 3.97. The molecule has 1 aromatic carbocycles. The van der Waals surface area contributed by atoms with Gasteiger partial charge in [-0.1, -0.05) is 5.16 Å². The van der Waals surface area contributed by atoms with Crippen molar-refractivity contribution in [2.45, 2.75) is 26.9 Å². The third-order valence-corrected chi connectivity index (χ3v) is 3.30. The molecule has 0 bridgehead atoms. The van der Waals surface area contributed by atoms with E-state index in [1.165, 1.54) is 13.8 Å². The number of carbonyl (C=O) groups is 2. The van der Waals surface area contributed by atoms with Crippen LogP contribution in [-0.2, 0) is 9.53 Å². The molecule has 1 heterocycles. The molecule has 1 aromatic heterocycles. The standard InChI is InChI=1S/C15H14FN3O6/c1-7-13(8(2)25-18-7)15(21)24-9(3)14(20)17-10-4-5-11(16)12(6-10)19(22)23/h4-6,9H,1-3H3,(H,17,20)/t9-/m0/s1. The Hall–Kier alpha value is -3.30. The zero-order valence-corrected chi connectivity index (χ0v) is 13.5. The Labute approximate surface area is 140 Å². The van der Waals surface area contributed by atoms with E-state index in [-0.39, 0.29) is 17.0 Å². The maximum absolute atomic E-state index is 13.3. The summed E-state index contributed by atoms with van der Waals surface area (Å²) >= 11 is 0. The van der Waals surface area contributed by atoms with Gasteiger partial charge in [-0.05, 0) is 32.9 Å². The molecule has 132 valence electrons. The molecule has 0 radical (unpaired) electrons. The zero-order chi connectivity index (χ0) is 18.7. The molecule has 10 heteroatoms. The minimum atomic E-state index is -1.20. The molecule has 1 N–H and O–H groups in total. The fraction of sp³-hybridized carbons (Fsp3) is 0.267. The zero-order valence-electron chi connectivity index (χ0n) is 13.5. The maximum Gasteiger partial charge on any atom is 0.344 e. The Morgan fingerprint density at radius 1 is 1.40 bits per heavy atom. The number of nitro benzene ring substituents is 1. The fourth-order valence-electron chi connectivity index (χ4n) is 2.02. The molecule has 0 unspecified atom stereocenters. The molecule has 0 spiro atoms. The molecule has 1 amide bonds. The summed E-state index contributed by atoms with van der Waals surface area (Å²) in [6.45, 7) is 4.40. The molecule has 0 saturated heterocycles. The van der Waals surface area contributed by atoms with E-state index in [1.54, 1.807) is 6.92 Å². The number of nitrogens with zero attached hydrogens (tertiary/aromatic N) is 2. The van der Waals surface area contributed by atoms with E-state index in [4.69, 9.17) is 9.26 Å². The number of ether oxygens (including phenoxy) is 1.